The fourth-order valence-electron chi connectivity index (χ4n) is 3.15. The first-order valence-corrected chi connectivity index (χ1v) is 7.34. The standard InChI is InChI=1S/C14H22N2O4/c1-2-16-8-9(7-12(16)17)13(18)15-11-6-4-3-5-10(11)14(19)20/h9-11H,2-8H2,1H3,(H,15,18)(H,19,20). The Labute approximate surface area is 118 Å². The van der Waals surface area contributed by atoms with Crippen LogP contribution < -0.4 is 5.32 Å². The molecule has 112 valence electrons. The maximum absolute atomic E-state index is 12.2. The van der Waals surface area contributed by atoms with Crippen molar-refractivity contribution in [2.24, 2.45) is 11.8 Å². The molecule has 0 spiro atoms. The third-order valence-corrected chi connectivity index (χ3v) is 4.38. The summed E-state index contributed by atoms with van der Waals surface area (Å²) < 4.78 is 0. The van der Waals surface area contributed by atoms with Gasteiger partial charge in [0.05, 0.1) is 11.8 Å². The van der Waals surface area contributed by atoms with E-state index in [2.05, 4.69) is 5.32 Å². The third kappa shape index (κ3) is 3.11. The first-order valence-electron chi connectivity index (χ1n) is 7.34. The number of nitrogens with zero attached hydrogens (tertiary/aromatic N) is 1. The van der Waals surface area contributed by atoms with Crippen LogP contribution in [0.1, 0.15) is 39.0 Å². The van der Waals surface area contributed by atoms with Crippen molar-refractivity contribution in [3.8, 4) is 0 Å². The van der Waals surface area contributed by atoms with E-state index in [9.17, 15) is 19.5 Å². The number of likely N-dealkylation sites (tertiary alicyclic amines) is 1. The van der Waals surface area contributed by atoms with Gasteiger partial charge in [-0.2, -0.15) is 0 Å². The monoisotopic (exact) mass is 282 g/mol. The SMILES string of the molecule is CCN1CC(C(=O)NC2CCCCC2C(=O)O)CC1=O. The number of nitrogens with one attached hydrogen (secondary N) is 1. The summed E-state index contributed by atoms with van der Waals surface area (Å²) in [6.07, 6.45) is 3.41. The van der Waals surface area contributed by atoms with Crippen molar-refractivity contribution < 1.29 is 19.5 Å². The van der Waals surface area contributed by atoms with Gasteiger partial charge in [0.25, 0.3) is 0 Å². The van der Waals surface area contributed by atoms with Crippen LogP contribution in [-0.4, -0.2) is 46.9 Å². The molecule has 3 unspecified atom stereocenters. The lowest BCUT2D eigenvalue weighted by Gasteiger charge is -2.30. The number of carbonyl (C=O) groups excluding carboxylic acids is 2. The lowest BCUT2D eigenvalue weighted by Crippen LogP contribution is -2.47. The Morgan fingerprint density at radius 3 is 2.65 bits per heavy atom. The molecule has 20 heavy (non-hydrogen) atoms. The highest BCUT2D eigenvalue weighted by Gasteiger charge is 2.37. The van der Waals surface area contributed by atoms with Crippen molar-refractivity contribution in [2.45, 2.75) is 45.1 Å². The van der Waals surface area contributed by atoms with Gasteiger partial charge in [0.2, 0.25) is 11.8 Å². The van der Waals surface area contributed by atoms with Gasteiger partial charge >= 0.3 is 5.97 Å². The van der Waals surface area contributed by atoms with Crippen molar-refractivity contribution in [1.82, 2.24) is 10.2 Å². The average molecular weight is 282 g/mol. The van der Waals surface area contributed by atoms with Crippen molar-refractivity contribution in [1.29, 1.82) is 0 Å². The van der Waals surface area contributed by atoms with E-state index in [1.807, 2.05) is 6.92 Å². The summed E-state index contributed by atoms with van der Waals surface area (Å²) >= 11 is 0. The summed E-state index contributed by atoms with van der Waals surface area (Å²) in [5.41, 5.74) is 0. The number of carboxylic acid groups (broad SMARTS) is 1. The molecule has 1 heterocycles. The predicted octanol–water partition coefficient (Wildman–Crippen LogP) is 0.614. The van der Waals surface area contributed by atoms with Crippen LogP contribution in [0.4, 0.5) is 0 Å². The minimum atomic E-state index is -0.840. The molecule has 2 fully saturated rings. The highest BCUT2D eigenvalue weighted by molar-refractivity contribution is 5.89. The smallest absolute Gasteiger partial charge is 0.308 e. The fraction of sp³-hybridized carbons (Fsp3) is 0.786. The Hall–Kier alpha value is -1.59. The normalized spacial score (nSPS) is 30.4. The molecule has 2 N–H and O–H groups in total. The summed E-state index contributed by atoms with van der Waals surface area (Å²) in [7, 11) is 0. The number of carbonyl (C=O) groups is 3. The summed E-state index contributed by atoms with van der Waals surface area (Å²) in [5.74, 6) is -1.84. The molecule has 6 heteroatoms. The molecule has 1 aliphatic heterocycles. The largest absolute Gasteiger partial charge is 0.481 e. The molecule has 1 saturated heterocycles. The van der Waals surface area contributed by atoms with Gasteiger partial charge < -0.3 is 15.3 Å². The van der Waals surface area contributed by atoms with Gasteiger partial charge in [-0.25, -0.2) is 0 Å². The van der Waals surface area contributed by atoms with Gasteiger partial charge in [0.1, 0.15) is 0 Å². The number of rotatable bonds is 4. The second kappa shape index (κ2) is 6.24. The van der Waals surface area contributed by atoms with E-state index in [0.717, 1.165) is 12.8 Å². The zero-order valence-electron chi connectivity index (χ0n) is 11.8. The van der Waals surface area contributed by atoms with Gasteiger partial charge in [-0.15, -0.1) is 0 Å². The Morgan fingerprint density at radius 2 is 2.05 bits per heavy atom. The van der Waals surface area contributed by atoms with Gasteiger partial charge in [-0.3, -0.25) is 14.4 Å². The van der Waals surface area contributed by atoms with Gasteiger partial charge in [0, 0.05) is 25.6 Å². The second-order valence-electron chi connectivity index (χ2n) is 5.68. The Balaban J connectivity index is 1.93. The first kappa shape index (κ1) is 14.8. The quantitative estimate of drug-likeness (QED) is 0.791. The van der Waals surface area contributed by atoms with E-state index in [1.165, 1.54) is 0 Å². The van der Waals surface area contributed by atoms with Gasteiger partial charge in [0.15, 0.2) is 0 Å². The van der Waals surface area contributed by atoms with Crippen LogP contribution in [0.25, 0.3) is 0 Å². The molecule has 0 aromatic heterocycles. The second-order valence-corrected chi connectivity index (χ2v) is 5.68. The van der Waals surface area contributed by atoms with Crippen molar-refractivity contribution >= 4 is 17.8 Å². The highest BCUT2D eigenvalue weighted by Crippen LogP contribution is 2.26. The van der Waals surface area contributed by atoms with Crippen molar-refractivity contribution in [2.75, 3.05) is 13.1 Å². The van der Waals surface area contributed by atoms with E-state index in [-0.39, 0.29) is 30.2 Å². The molecular formula is C14H22N2O4. The molecular weight excluding hydrogens is 260 g/mol. The van der Waals surface area contributed by atoms with Crippen LogP contribution in [0.5, 0.6) is 0 Å². The fourth-order valence-corrected chi connectivity index (χ4v) is 3.15. The van der Waals surface area contributed by atoms with Gasteiger partial charge in [-0.1, -0.05) is 12.8 Å². The maximum atomic E-state index is 12.2. The maximum Gasteiger partial charge on any atom is 0.308 e. The van der Waals surface area contributed by atoms with E-state index in [4.69, 9.17) is 0 Å². The molecule has 0 bridgehead atoms. The minimum absolute atomic E-state index is 0.00563. The molecule has 3 atom stereocenters. The topological polar surface area (TPSA) is 86.7 Å². The highest BCUT2D eigenvalue weighted by atomic mass is 16.4. The van der Waals surface area contributed by atoms with E-state index >= 15 is 0 Å². The molecule has 2 aliphatic rings. The van der Waals surface area contributed by atoms with E-state index in [1.54, 1.807) is 4.90 Å². The summed E-state index contributed by atoms with van der Waals surface area (Å²) in [6.45, 7) is 2.95. The first-order chi connectivity index (χ1) is 9.52. The Morgan fingerprint density at radius 1 is 1.35 bits per heavy atom. The Kier molecular flexibility index (Phi) is 4.62. The molecule has 2 rings (SSSR count). The summed E-state index contributed by atoms with van der Waals surface area (Å²) in [4.78, 5) is 36.7. The molecule has 6 nitrogen and oxygen atoms in total. The van der Waals surface area contributed by atoms with Crippen molar-refractivity contribution in [3.05, 3.63) is 0 Å². The van der Waals surface area contributed by atoms with E-state index < -0.39 is 11.9 Å². The van der Waals surface area contributed by atoms with Crippen LogP contribution in [0.3, 0.4) is 0 Å². The Bertz CT molecular complexity index is 410. The van der Waals surface area contributed by atoms with E-state index in [0.29, 0.717) is 25.9 Å². The average Bonchev–Trinajstić information content (AvgIpc) is 2.80. The predicted molar refractivity (Wildman–Crippen MR) is 71.9 cm³/mol. The number of amides is 2. The lowest BCUT2D eigenvalue weighted by molar-refractivity contribution is -0.144. The number of carboxylic acids is 1. The number of aliphatic carboxylic acids is 1. The zero-order chi connectivity index (χ0) is 14.7. The summed E-state index contributed by atoms with van der Waals surface area (Å²) in [6, 6.07) is -0.292. The van der Waals surface area contributed by atoms with Crippen LogP contribution >= 0.6 is 0 Å². The molecule has 0 radical (unpaired) electrons. The molecule has 0 aromatic carbocycles. The molecule has 0 aromatic rings. The molecule has 1 saturated carbocycles. The van der Waals surface area contributed by atoms with Crippen LogP contribution in [0, 0.1) is 11.8 Å². The van der Waals surface area contributed by atoms with Crippen LogP contribution in [-0.2, 0) is 14.4 Å². The number of hydrogen-bond donors (Lipinski definition) is 2. The van der Waals surface area contributed by atoms with Crippen LogP contribution in [0.15, 0.2) is 0 Å². The van der Waals surface area contributed by atoms with Crippen molar-refractivity contribution in [3.63, 3.8) is 0 Å². The minimum Gasteiger partial charge on any atom is -0.481 e. The lowest BCUT2D eigenvalue weighted by atomic mass is 9.84. The molecule has 2 amide bonds. The zero-order valence-corrected chi connectivity index (χ0v) is 11.8. The molecule has 1 aliphatic carbocycles. The summed E-state index contributed by atoms with van der Waals surface area (Å²) in [5, 5.41) is 12.1. The van der Waals surface area contributed by atoms with Gasteiger partial charge in [-0.05, 0) is 19.8 Å². The number of hydrogen-bond acceptors (Lipinski definition) is 3. The third-order valence-electron chi connectivity index (χ3n) is 4.38. The van der Waals surface area contributed by atoms with Crippen LogP contribution in [0.2, 0.25) is 0 Å².